The Hall–Kier alpha value is -2.14. The number of nitrogens with one attached hydrogen (secondary N) is 1. The van der Waals surface area contributed by atoms with Crippen LogP contribution in [0.4, 0.5) is 0 Å². The third-order valence-electron chi connectivity index (χ3n) is 2.79. The Balaban J connectivity index is 2.60. The Kier molecular flexibility index (Phi) is 3.66. The first-order valence-electron chi connectivity index (χ1n) is 5.64. The number of hydrogen-bond acceptors (Lipinski definition) is 3. The molecule has 98 valence electrons. The largest absolute Gasteiger partial charge is 0.496 e. The van der Waals surface area contributed by atoms with E-state index in [1.54, 1.807) is 13.2 Å². The van der Waals surface area contributed by atoms with Gasteiger partial charge in [0.25, 0.3) is 0 Å². The minimum atomic E-state index is -1.04. The van der Waals surface area contributed by atoms with Gasteiger partial charge in [0.05, 0.1) is 18.4 Å². The zero-order valence-electron chi connectivity index (χ0n) is 10.6. The maximum absolute atomic E-state index is 10.9. The molecule has 19 heavy (non-hydrogen) atoms. The molecule has 0 spiro atoms. The second-order valence-electron chi connectivity index (χ2n) is 4.12. The number of H-pyrrole nitrogens is 1. The van der Waals surface area contributed by atoms with Gasteiger partial charge in [-0.1, -0.05) is 23.8 Å². The van der Waals surface area contributed by atoms with Gasteiger partial charge >= 0.3 is 5.97 Å². The van der Waals surface area contributed by atoms with Crippen LogP contribution in [0.1, 0.15) is 15.9 Å². The van der Waals surface area contributed by atoms with E-state index in [0.717, 1.165) is 16.8 Å². The van der Waals surface area contributed by atoms with Gasteiger partial charge in [0.1, 0.15) is 10.4 Å². The summed E-state index contributed by atoms with van der Waals surface area (Å²) in [5.41, 5.74) is 2.75. The molecule has 0 fully saturated rings. The predicted octanol–water partition coefficient (Wildman–Crippen LogP) is 3.43. The minimum Gasteiger partial charge on any atom is -0.496 e. The number of hydrogen-bond donors (Lipinski definition) is 2. The first-order chi connectivity index (χ1) is 9.02. The highest BCUT2D eigenvalue weighted by Gasteiger charge is 2.10. The van der Waals surface area contributed by atoms with Gasteiger partial charge in [0.2, 0.25) is 0 Å². The molecule has 0 bridgehead atoms. The van der Waals surface area contributed by atoms with Crippen LogP contribution >= 0.6 is 12.2 Å². The van der Waals surface area contributed by atoms with Gasteiger partial charge < -0.3 is 14.8 Å². The summed E-state index contributed by atoms with van der Waals surface area (Å²) in [4.78, 5) is 13.9. The zero-order chi connectivity index (χ0) is 14.0. The summed E-state index contributed by atoms with van der Waals surface area (Å²) in [5.74, 6) is -0.330. The average molecular weight is 275 g/mol. The molecule has 5 heteroatoms. The highest BCUT2D eigenvalue weighted by atomic mass is 32.1. The summed E-state index contributed by atoms with van der Waals surface area (Å²) in [6.07, 6.45) is 0. The molecule has 0 saturated carbocycles. The van der Waals surface area contributed by atoms with E-state index in [2.05, 4.69) is 4.98 Å². The molecule has 2 rings (SSSR count). The molecule has 0 aliphatic carbocycles. The van der Waals surface area contributed by atoms with Crippen molar-refractivity contribution in [3.63, 3.8) is 0 Å². The molecule has 0 aliphatic rings. The normalized spacial score (nSPS) is 10.2. The van der Waals surface area contributed by atoms with E-state index in [-0.39, 0.29) is 10.2 Å². The molecule has 0 amide bonds. The first kappa shape index (κ1) is 13.3. The van der Waals surface area contributed by atoms with Crippen molar-refractivity contribution in [3.8, 4) is 17.0 Å². The van der Waals surface area contributed by atoms with E-state index >= 15 is 0 Å². The lowest BCUT2D eigenvalue weighted by Crippen LogP contribution is -2.00. The predicted molar refractivity (Wildman–Crippen MR) is 75.3 cm³/mol. The highest BCUT2D eigenvalue weighted by molar-refractivity contribution is 7.71. The molecule has 0 aliphatic heterocycles. The lowest BCUT2D eigenvalue weighted by Gasteiger charge is -2.10. The van der Waals surface area contributed by atoms with Crippen molar-refractivity contribution in [2.24, 2.45) is 0 Å². The average Bonchev–Trinajstić information content (AvgIpc) is 2.38. The fraction of sp³-hybridized carbons (Fsp3) is 0.143. The van der Waals surface area contributed by atoms with E-state index in [9.17, 15) is 4.79 Å². The Labute approximate surface area is 115 Å². The molecule has 0 saturated heterocycles. The number of aromatic amines is 1. The third-order valence-corrected chi connectivity index (χ3v) is 3.11. The molecule has 4 nitrogen and oxygen atoms in total. The van der Waals surface area contributed by atoms with Crippen LogP contribution in [0.25, 0.3) is 11.3 Å². The van der Waals surface area contributed by atoms with Crippen LogP contribution in [0.3, 0.4) is 0 Å². The molecule has 0 radical (unpaired) electrons. The lowest BCUT2D eigenvalue weighted by molar-refractivity contribution is 0.0696. The van der Waals surface area contributed by atoms with Crippen molar-refractivity contribution in [1.29, 1.82) is 0 Å². The van der Waals surface area contributed by atoms with Crippen molar-refractivity contribution >= 4 is 18.2 Å². The number of carbonyl (C=O) groups is 1. The van der Waals surface area contributed by atoms with Crippen molar-refractivity contribution in [2.75, 3.05) is 7.11 Å². The van der Waals surface area contributed by atoms with Gasteiger partial charge in [-0.2, -0.15) is 0 Å². The van der Waals surface area contributed by atoms with Gasteiger partial charge in [-0.15, -0.1) is 0 Å². The SMILES string of the molecule is COc1ccc(C)cc1-c1ccc(C(=O)O)c(=S)[nH]1. The molecule has 2 N–H and O–H groups in total. The maximum Gasteiger partial charge on any atom is 0.338 e. The van der Waals surface area contributed by atoms with Gasteiger partial charge in [-0.3, -0.25) is 0 Å². The Bertz CT molecular complexity index is 691. The third kappa shape index (κ3) is 2.66. The van der Waals surface area contributed by atoms with Gasteiger partial charge in [-0.05, 0) is 31.2 Å². The number of aromatic nitrogens is 1. The summed E-state index contributed by atoms with van der Waals surface area (Å²) in [6, 6.07) is 8.96. The molecule has 2 aromatic rings. The fourth-order valence-corrected chi connectivity index (χ4v) is 2.10. The van der Waals surface area contributed by atoms with E-state index in [4.69, 9.17) is 22.1 Å². The Morgan fingerprint density at radius 3 is 2.63 bits per heavy atom. The molecule has 1 aromatic carbocycles. The number of ether oxygens (including phenoxy) is 1. The molecular formula is C14H13NO3S. The Morgan fingerprint density at radius 2 is 2.05 bits per heavy atom. The smallest absolute Gasteiger partial charge is 0.338 e. The molecule has 0 atom stereocenters. The lowest BCUT2D eigenvalue weighted by atomic mass is 10.1. The minimum absolute atomic E-state index is 0.0883. The van der Waals surface area contributed by atoms with Crippen LogP contribution in [-0.4, -0.2) is 23.2 Å². The number of pyridine rings is 1. The molecule has 1 aromatic heterocycles. The summed E-state index contributed by atoms with van der Waals surface area (Å²) in [7, 11) is 1.59. The molecular weight excluding hydrogens is 262 g/mol. The van der Waals surface area contributed by atoms with E-state index in [1.165, 1.54) is 6.07 Å². The number of rotatable bonds is 3. The van der Waals surface area contributed by atoms with Crippen LogP contribution in [0.2, 0.25) is 0 Å². The maximum atomic E-state index is 10.9. The number of aromatic carboxylic acids is 1. The molecule has 1 heterocycles. The van der Waals surface area contributed by atoms with Crippen LogP contribution in [0, 0.1) is 11.6 Å². The first-order valence-corrected chi connectivity index (χ1v) is 6.05. The number of carboxylic acids is 1. The van der Waals surface area contributed by atoms with E-state index in [0.29, 0.717) is 5.75 Å². The summed E-state index contributed by atoms with van der Waals surface area (Å²) in [6.45, 7) is 1.98. The van der Waals surface area contributed by atoms with E-state index < -0.39 is 5.97 Å². The van der Waals surface area contributed by atoms with Crippen molar-refractivity contribution in [3.05, 3.63) is 46.1 Å². The van der Waals surface area contributed by atoms with Crippen molar-refractivity contribution < 1.29 is 14.6 Å². The van der Waals surface area contributed by atoms with Gasteiger partial charge in [-0.25, -0.2) is 4.79 Å². The Morgan fingerprint density at radius 1 is 1.32 bits per heavy atom. The van der Waals surface area contributed by atoms with Crippen molar-refractivity contribution in [2.45, 2.75) is 6.92 Å². The highest BCUT2D eigenvalue weighted by Crippen LogP contribution is 2.29. The zero-order valence-corrected chi connectivity index (χ0v) is 11.4. The second-order valence-corrected chi connectivity index (χ2v) is 4.53. The fourth-order valence-electron chi connectivity index (χ4n) is 1.83. The number of carboxylic acid groups (broad SMARTS) is 1. The summed E-state index contributed by atoms with van der Waals surface area (Å²) < 4.78 is 5.50. The number of benzene rings is 1. The summed E-state index contributed by atoms with van der Waals surface area (Å²) >= 11 is 5.05. The quantitative estimate of drug-likeness (QED) is 0.842. The van der Waals surface area contributed by atoms with E-state index in [1.807, 2.05) is 25.1 Å². The van der Waals surface area contributed by atoms with Crippen LogP contribution in [0.5, 0.6) is 5.75 Å². The summed E-state index contributed by atoms with van der Waals surface area (Å²) in [5, 5.41) is 8.96. The monoisotopic (exact) mass is 275 g/mol. The van der Waals surface area contributed by atoms with Crippen LogP contribution in [-0.2, 0) is 0 Å². The second kappa shape index (κ2) is 5.24. The van der Waals surface area contributed by atoms with Crippen LogP contribution < -0.4 is 4.74 Å². The van der Waals surface area contributed by atoms with Crippen LogP contribution in [0.15, 0.2) is 30.3 Å². The number of aryl methyl sites for hydroxylation is 1. The number of methoxy groups -OCH3 is 1. The van der Waals surface area contributed by atoms with Crippen molar-refractivity contribution in [1.82, 2.24) is 4.98 Å². The topological polar surface area (TPSA) is 62.3 Å². The van der Waals surface area contributed by atoms with Gasteiger partial charge in [0, 0.05) is 5.56 Å². The molecule has 0 unspecified atom stereocenters. The van der Waals surface area contributed by atoms with Gasteiger partial charge in [0.15, 0.2) is 0 Å². The standard InChI is InChI=1S/C14H13NO3S/c1-8-3-6-12(18-2)10(7-8)11-5-4-9(14(16)17)13(19)15-11/h3-7H,1-2H3,(H,15,19)(H,16,17).